The van der Waals surface area contributed by atoms with E-state index in [1.165, 1.54) is 129 Å². The lowest BCUT2D eigenvalue weighted by molar-refractivity contribution is 0.444. The monoisotopic (exact) mass is 768 g/mol. The van der Waals surface area contributed by atoms with Gasteiger partial charge in [-0.25, -0.2) is 0 Å². The summed E-state index contributed by atoms with van der Waals surface area (Å²) in [6.07, 6.45) is 8.58. The molecule has 1 fully saturated rings. The highest BCUT2D eigenvalue weighted by Gasteiger charge is 2.47. The van der Waals surface area contributed by atoms with Crippen LogP contribution in [0.1, 0.15) is 120 Å². The number of benzene rings is 5. The highest BCUT2D eigenvalue weighted by atomic mass is 32.1. The Kier molecular flexibility index (Phi) is 8.80. The number of fused-ring (bicyclic) bond motifs is 8. The van der Waals surface area contributed by atoms with Gasteiger partial charge in [0.15, 0.2) is 0 Å². The third-order valence-electron chi connectivity index (χ3n) is 13.1. The average Bonchev–Trinajstić information content (AvgIpc) is 3.78. The fourth-order valence-corrected chi connectivity index (χ4v) is 12.5. The van der Waals surface area contributed by atoms with Crippen LogP contribution < -0.4 is 24.8 Å². The van der Waals surface area contributed by atoms with Crippen LogP contribution in [0, 0.1) is 0 Å². The lowest BCUT2D eigenvalue weighted by Crippen LogP contribution is -2.59. The molecular formula is C51H53BN2S2. The Hall–Kier alpha value is -4.32. The number of anilines is 6. The third-order valence-corrected chi connectivity index (χ3v) is 15.6. The topological polar surface area (TPSA) is 6.48 Å². The minimum Gasteiger partial charge on any atom is -0.310 e. The molecule has 1 aliphatic carbocycles. The Morgan fingerprint density at radius 2 is 1.14 bits per heavy atom. The van der Waals surface area contributed by atoms with Crippen LogP contribution in [0.25, 0.3) is 20.2 Å². The average molecular weight is 769 g/mol. The van der Waals surface area contributed by atoms with Crippen LogP contribution >= 0.6 is 22.7 Å². The van der Waals surface area contributed by atoms with Crippen molar-refractivity contribution in [3.63, 3.8) is 0 Å². The van der Waals surface area contributed by atoms with Gasteiger partial charge in [-0.05, 0) is 137 Å². The van der Waals surface area contributed by atoms with E-state index in [0.717, 1.165) is 12.8 Å². The second-order valence-electron chi connectivity index (χ2n) is 18.0. The van der Waals surface area contributed by atoms with Gasteiger partial charge < -0.3 is 9.80 Å². The lowest BCUT2D eigenvalue weighted by atomic mass is 9.39. The molecule has 0 radical (unpaired) electrons. The van der Waals surface area contributed by atoms with Crippen LogP contribution in [-0.4, -0.2) is 6.71 Å². The Bertz CT molecular complexity index is 2610. The summed E-state index contributed by atoms with van der Waals surface area (Å²) in [4.78, 5) is 5.38. The number of hydrogen-bond donors (Lipinski definition) is 0. The molecule has 0 unspecified atom stereocenters. The maximum Gasteiger partial charge on any atom is 0.277 e. The summed E-state index contributed by atoms with van der Waals surface area (Å²) in [6, 6.07) is 38.9. The highest BCUT2D eigenvalue weighted by Crippen LogP contribution is 2.52. The molecule has 56 heavy (non-hydrogen) atoms. The second-order valence-corrected chi connectivity index (χ2v) is 20.1. The van der Waals surface area contributed by atoms with Crippen LogP contribution in [0.3, 0.4) is 0 Å². The molecule has 5 aromatic carbocycles. The van der Waals surface area contributed by atoms with Gasteiger partial charge in [-0.15, -0.1) is 22.7 Å². The quantitative estimate of drug-likeness (QED) is 0.155. The van der Waals surface area contributed by atoms with Crippen molar-refractivity contribution in [2.45, 2.75) is 111 Å². The van der Waals surface area contributed by atoms with Crippen molar-refractivity contribution in [3.05, 3.63) is 125 Å². The smallest absolute Gasteiger partial charge is 0.277 e. The lowest BCUT2D eigenvalue weighted by Gasteiger charge is -2.43. The van der Waals surface area contributed by atoms with Gasteiger partial charge >= 0.3 is 0 Å². The first-order valence-corrected chi connectivity index (χ1v) is 22.9. The van der Waals surface area contributed by atoms with Crippen molar-refractivity contribution in [2.75, 3.05) is 9.80 Å². The van der Waals surface area contributed by atoms with Gasteiger partial charge in [-0.2, -0.15) is 0 Å². The van der Waals surface area contributed by atoms with E-state index in [1.807, 2.05) is 22.7 Å². The summed E-state index contributed by atoms with van der Waals surface area (Å²) in [7, 11) is 0. The molecule has 1 saturated carbocycles. The molecule has 0 atom stereocenters. The summed E-state index contributed by atoms with van der Waals surface area (Å²) in [5, 5.41) is 2.78. The van der Waals surface area contributed by atoms with E-state index in [0.29, 0.717) is 11.8 Å². The fraction of sp³-hybridized carbons (Fsp3) is 0.333. The summed E-state index contributed by atoms with van der Waals surface area (Å²) in [5.74, 6) is 1.05. The van der Waals surface area contributed by atoms with Crippen molar-refractivity contribution in [1.82, 2.24) is 0 Å². The van der Waals surface area contributed by atoms with Gasteiger partial charge in [0, 0.05) is 52.5 Å². The molecule has 2 nitrogen and oxygen atoms in total. The summed E-state index contributed by atoms with van der Waals surface area (Å²) >= 11 is 4.05. The van der Waals surface area contributed by atoms with Crippen molar-refractivity contribution >= 4 is 98.7 Å². The minimum atomic E-state index is 0.0860. The molecule has 0 bridgehead atoms. The molecular weight excluding hydrogens is 716 g/mol. The molecule has 5 heteroatoms. The molecule has 0 N–H and O–H groups in total. The molecule has 10 rings (SSSR count). The van der Waals surface area contributed by atoms with Crippen molar-refractivity contribution in [1.29, 1.82) is 0 Å². The molecule has 7 aromatic rings. The van der Waals surface area contributed by atoms with E-state index in [9.17, 15) is 0 Å². The predicted molar refractivity (Wildman–Crippen MR) is 249 cm³/mol. The minimum absolute atomic E-state index is 0.0860. The number of aryl methyl sites for hydroxylation is 2. The van der Waals surface area contributed by atoms with Gasteiger partial charge in [0.2, 0.25) is 0 Å². The zero-order valence-corrected chi connectivity index (χ0v) is 35.8. The maximum absolute atomic E-state index is 2.69. The first-order chi connectivity index (χ1) is 27.1. The van der Waals surface area contributed by atoms with Gasteiger partial charge in [0.25, 0.3) is 6.71 Å². The van der Waals surface area contributed by atoms with Gasteiger partial charge in [0.05, 0.1) is 11.4 Å². The molecule has 4 heterocycles. The van der Waals surface area contributed by atoms with Gasteiger partial charge in [-0.3, -0.25) is 0 Å². The number of hydrogen-bond acceptors (Lipinski definition) is 4. The normalized spacial score (nSPS) is 15.5. The van der Waals surface area contributed by atoms with E-state index in [1.54, 1.807) is 0 Å². The maximum atomic E-state index is 2.69. The van der Waals surface area contributed by atoms with Crippen LogP contribution in [0.15, 0.2) is 97.1 Å². The van der Waals surface area contributed by atoms with E-state index < -0.39 is 0 Å². The predicted octanol–water partition coefficient (Wildman–Crippen LogP) is 13.8. The molecule has 282 valence electrons. The highest BCUT2D eigenvalue weighted by molar-refractivity contribution is 7.40. The van der Waals surface area contributed by atoms with Crippen LogP contribution in [0.5, 0.6) is 0 Å². The summed E-state index contributed by atoms with van der Waals surface area (Å²) in [6.45, 7) is 16.3. The number of rotatable bonds is 6. The first kappa shape index (κ1) is 36.1. The molecule has 0 amide bonds. The Labute approximate surface area is 342 Å². The molecule has 2 aliphatic heterocycles. The van der Waals surface area contributed by atoms with Crippen LogP contribution in [0.4, 0.5) is 34.1 Å². The summed E-state index contributed by atoms with van der Waals surface area (Å²) in [5.41, 5.74) is 16.6. The first-order valence-electron chi connectivity index (χ1n) is 21.2. The van der Waals surface area contributed by atoms with Crippen LogP contribution in [-0.2, 0) is 18.3 Å². The van der Waals surface area contributed by atoms with Crippen molar-refractivity contribution < 1.29 is 0 Å². The zero-order valence-electron chi connectivity index (χ0n) is 34.1. The zero-order chi connectivity index (χ0) is 38.5. The Morgan fingerprint density at radius 1 is 0.643 bits per heavy atom. The molecule has 3 aliphatic rings. The van der Waals surface area contributed by atoms with Crippen LogP contribution in [0.2, 0.25) is 0 Å². The number of nitrogens with zero attached hydrogens (tertiary/aromatic N) is 2. The summed E-state index contributed by atoms with van der Waals surface area (Å²) < 4.78 is 5.72. The van der Waals surface area contributed by atoms with E-state index in [4.69, 9.17) is 0 Å². The Balaban J connectivity index is 1.33. The molecule has 0 spiro atoms. The van der Waals surface area contributed by atoms with Gasteiger partial charge in [-0.1, -0.05) is 104 Å². The second kappa shape index (κ2) is 13.7. The molecule has 2 aromatic heterocycles. The largest absolute Gasteiger partial charge is 0.310 e. The van der Waals surface area contributed by atoms with Crippen molar-refractivity contribution in [2.24, 2.45) is 0 Å². The fourth-order valence-electron chi connectivity index (χ4n) is 9.85. The third kappa shape index (κ3) is 5.70. The van der Waals surface area contributed by atoms with Crippen molar-refractivity contribution in [3.8, 4) is 0 Å². The van der Waals surface area contributed by atoms with Gasteiger partial charge in [0.1, 0.15) is 0 Å². The molecule has 0 saturated heterocycles. The van der Waals surface area contributed by atoms with E-state index >= 15 is 0 Å². The Morgan fingerprint density at radius 3 is 1.61 bits per heavy atom. The standard InChI is InChI=1S/C51H53BN2S2/c1-8-32-15-25-44-40(27-32)47-49(55-44)52-46-42(53(47)38-21-17-34(18-22-38)31(3)4)29-36(35-13-11-10-12-14-35)30-43(46)54(39-23-19-37(20-24-39)51(5,6)7)48-41-28-33(9-2)16-26-45(41)56-50(48)52/h15-31,35H,8-14H2,1-7H3. The SMILES string of the molecule is CCc1ccc2sc3c(c2c1)N(c1ccc(C(C)C)cc1)c1cc(C2CCCCC2)cc2c1B3c1sc3ccc(CC)cc3c1N2c1ccc(C(C)(C)C)cc1. The number of thiophene rings is 2. The van der Waals surface area contributed by atoms with E-state index in [-0.39, 0.29) is 12.1 Å². The van der Waals surface area contributed by atoms with E-state index in [2.05, 4.69) is 155 Å².